The van der Waals surface area contributed by atoms with Gasteiger partial charge < -0.3 is 19.6 Å². The third-order valence-electron chi connectivity index (χ3n) is 6.09. The largest absolute Gasteiger partial charge is 0.506 e. The fourth-order valence-electron chi connectivity index (χ4n) is 4.60. The van der Waals surface area contributed by atoms with Crippen LogP contribution in [-0.2, 0) is 4.74 Å². The smallest absolute Gasteiger partial charge is 0.409 e. The monoisotopic (exact) mass is 446 g/mol. The molecule has 2 aromatic heterocycles. The van der Waals surface area contributed by atoms with Gasteiger partial charge in [-0.05, 0) is 32.3 Å². The molecule has 2 aromatic rings. The first-order valence-corrected chi connectivity index (χ1v) is 10.6. The predicted molar refractivity (Wildman–Crippen MR) is 119 cm³/mol. The predicted octanol–water partition coefficient (Wildman–Crippen LogP) is 2.38. The van der Waals surface area contributed by atoms with Crippen LogP contribution in [0.25, 0.3) is 11.3 Å². The fraction of sp³-hybridized carbons (Fsp3) is 0.565. The van der Waals surface area contributed by atoms with Crippen LogP contribution in [0.5, 0.6) is 5.75 Å². The number of likely N-dealkylation sites (tertiary alicyclic amines) is 1. The first-order valence-electron chi connectivity index (χ1n) is 14.6. The quantitative estimate of drug-likeness (QED) is 0.765. The van der Waals surface area contributed by atoms with Gasteiger partial charge in [0, 0.05) is 74.0 Å². The van der Waals surface area contributed by atoms with Crippen LogP contribution in [0, 0.1) is 5.41 Å². The first-order chi connectivity index (χ1) is 18.6. The summed E-state index contributed by atoms with van der Waals surface area (Å²) in [6, 6.07) is 0.330. The Morgan fingerprint density at radius 2 is 2.06 bits per heavy atom. The van der Waals surface area contributed by atoms with Gasteiger partial charge in [0.05, 0.1) is 30.2 Å². The summed E-state index contributed by atoms with van der Waals surface area (Å²) in [5.41, 5.74) is -0.350. The van der Waals surface area contributed by atoms with E-state index in [0.29, 0.717) is 35.7 Å². The number of pyridine rings is 1. The van der Waals surface area contributed by atoms with Gasteiger partial charge in [-0.25, -0.2) is 9.78 Å². The first kappa shape index (κ1) is 13.6. The van der Waals surface area contributed by atoms with Crippen molar-refractivity contribution in [2.45, 2.75) is 32.2 Å². The molecular weight excluding hydrogens is 408 g/mol. The number of amides is 1. The minimum Gasteiger partial charge on any atom is -0.506 e. The van der Waals surface area contributed by atoms with E-state index in [1.54, 1.807) is 6.92 Å². The Hall–Kier alpha value is -2.94. The van der Waals surface area contributed by atoms with Gasteiger partial charge >= 0.3 is 6.09 Å². The molecule has 170 valence electrons. The van der Waals surface area contributed by atoms with E-state index in [4.69, 9.17) is 15.7 Å². The van der Waals surface area contributed by atoms with Gasteiger partial charge in [-0.1, -0.05) is 0 Å². The number of piperazine rings is 1. The van der Waals surface area contributed by atoms with Crippen molar-refractivity contribution in [3.8, 4) is 17.0 Å². The van der Waals surface area contributed by atoms with Crippen molar-refractivity contribution >= 4 is 11.9 Å². The van der Waals surface area contributed by atoms with Crippen molar-refractivity contribution in [3.63, 3.8) is 0 Å². The van der Waals surface area contributed by atoms with E-state index < -0.39 is 49.4 Å². The lowest BCUT2D eigenvalue weighted by Crippen LogP contribution is -2.58. The van der Waals surface area contributed by atoms with Gasteiger partial charge in [0.15, 0.2) is 0 Å². The summed E-state index contributed by atoms with van der Waals surface area (Å²) >= 11 is 0. The highest BCUT2D eigenvalue weighted by Crippen LogP contribution is 2.47. The lowest BCUT2D eigenvalue weighted by Gasteiger charge is -2.48. The fourth-order valence-corrected chi connectivity index (χ4v) is 4.60. The number of hydrogen-bond donors (Lipinski definition) is 1. The Bertz CT molecular complexity index is 1270. The number of carbonyl (C=O) groups is 1. The Labute approximate surface area is 199 Å². The summed E-state index contributed by atoms with van der Waals surface area (Å²) < 4.78 is 76.4. The van der Waals surface area contributed by atoms with Crippen LogP contribution in [0.4, 0.5) is 10.6 Å². The van der Waals surface area contributed by atoms with Gasteiger partial charge in [-0.15, -0.1) is 0 Å². The normalized spacial score (nSPS) is 32.7. The molecule has 1 saturated carbocycles. The van der Waals surface area contributed by atoms with Crippen molar-refractivity contribution < 1.29 is 25.6 Å². The molecule has 3 aliphatic rings. The van der Waals surface area contributed by atoms with Crippen molar-refractivity contribution in [1.29, 1.82) is 0 Å². The van der Waals surface area contributed by atoms with E-state index in [9.17, 15) is 9.90 Å². The summed E-state index contributed by atoms with van der Waals surface area (Å²) in [5, 5.41) is 10.1. The summed E-state index contributed by atoms with van der Waals surface area (Å²) in [7, 11) is 0. The van der Waals surface area contributed by atoms with Crippen LogP contribution in [0.2, 0.25) is 0 Å². The molecule has 1 amide bonds. The SMILES string of the molecule is [2H]C1([2H])N(c2ncc(O)cc2-c2cnccn2)C([2H])([2H])C([2H])([2H])N([C@H]2CCC3(C2)CN(C(=O)OCC)C3)C1([2H])[2H]. The summed E-state index contributed by atoms with van der Waals surface area (Å²) in [4.78, 5) is 26.8. The minimum atomic E-state index is -3.14. The molecule has 2 aliphatic heterocycles. The average molecular weight is 447 g/mol. The molecular formula is C23H30N6O3. The van der Waals surface area contributed by atoms with E-state index in [1.165, 1.54) is 29.6 Å². The number of rotatable bonds is 4. The molecule has 4 heterocycles. The molecule has 3 fully saturated rings. The van der Waals surface area contributed by atoms with E-state index >= 15 is 0 Å². The highest BCUT2D eigenvalue weighted by atomic mass is 16.6. The van der Waals surface area contributed by atoms with Crippen LogP contribution in [0.15, 0.2) is 30.9 Å². The molecule has 0 aromatic carbocycles. The summed E-state index contributed by atoms with van der Waals surface area (Å²) in [5.74, 6) is -0.767. The standard InChI is InChI=1S/C23H30N6O3/c1-2-32-22(31)29-15-23(16-29)4-3-17(12-23)27-7-9-28(10-8-27)21-19(11-18(30)13-26-21)20-14-24-5-6-25-20/h5-6,11,13-14,17,30H,2-4,7-10,12,15-16H2,1H3/t17-/m0/s1/i7D2,8D2,9D2,10D2. The molecule has 0 bridgehead atoms. The van der Waals surface area contributed by atoms with Crippen LogP contribution in [-0.4, -0.2) is 87.7 Å². The van der Waals surface area contributed by atoms with E-state index in [1.807, 2.05) is 0 Å². The summed E-state index contributed by atoms with van der Waals surface area (Å²) in [6.45, 7) is -9.72. The Balaban J connectivity index is 1.53. The van der Waals surface area contributed by atoms with Gasteiger partial charge in [-0.3, -0.25) is 14.9 Å². The molecule has 1 N–H and O–H groups in total. The third kappa shape index (κ3) is 3.97. The maximum Gasteiger partial charge on any atom is 0.409 e. The number of nitrogens with zero attached hydrogens (tertiary/aromatic N) is 6. The molecule has 1 spiro atoms. The summed E-state index contributed by atoms with van der Waals surface area (Å²) in [6.07, 6.45) is 5.61. The highest BCUT2D eigenvalue weighted by molar-refractivity contribution is 5.74. The van der Waals surface area contributed by atoms with Crippen molar-refractivity contribution in [2.24, 2.45) is 5.41 Å². The zero-order valence-electron chi connectivity index (χ0n) is 25.7. The van der Waals surface area contributed by atoms with E-state index in [2.05, 4.69) is 15.0 Å². The molecule has 0 unspecified atom stereocenters. The van der Waals surface area contributed by atoms with Gasteiger partial charge in [0.1, 0.15) is 11.6 Å². The van der Waals surface area contributed by atoms with E-state index in [0.717, 1.165) is 6.20 Å². The van der Waals surface area contributed by atoms with Crippen molar-refractivity contribution in [1.82, 2.24) is 24.8 Å². The molecule has 0 radical (unpaired) electrons. The Kier molecular flexibility index (Phi) is 3.62. The second-order valence-electron chi connectivity index (χ2n) is 8.26. The Morgan fingerprint density at radius 1 is 1.25 bits per heavy atom. The van der Waals surface area contributed by atoms with Crippen LogP contribution in [0.3, 0.4) is 0 Å². The molecule has 1 atom stereocenters. The number of aromatic nitrogens is 3. The molecule has 5 rings (SSSR count). The highest BCUT2D eigenvalue weighted by Gasteiger charge is 2.51. The van der Waals surface area contributed by atoms with E-state index in [-0.39, 0.29) is 30.0 Å². The topological polar surface area (TPSA) is 94.9 Å². The number of hydrogen-bond acceptors (Lipinski definition) is 8. The zero-order chi connectivity index (χ0) is 29.3. The molecule has 32 heavy (non-hydrogen) atoms. The molecule has 9 nitrogen and oxygen atoms in total. The number of anilines is 1. The molecule has 1 aliphatic carbocycles. The van der Waals surface area contributed by atoms with Crippen molar-refractivity contribution in [2.75, 3.05) is 50.6 Å². The van der Waals surface area contributed by atoms with Gasteiger partial charge in [0.2, 0.25) is 0 Å². The zero-order valence-corrected chi connectivity index (χ0v) is 17.7. The maximum absolute atomic E-state index is 12.1. The van der Waals surface area contributed by atoms with Crippen LogP contribution < -0.4 is 4.90 Å². The average Bonchev–Trinajstić information content (AvgIpc) is 3.28. The maximum atomic E-state index is 12.1. The third-order valence-corrected chi connectivity index (χ3v) is 6.09. The second kappa shape index (κ2) is 8.54. The van der Waals surface area contributed by atoms with Crippen molar-refractivity contribution in [3.05, 3.63) is 30.9 Å². The lowest BCUT2D eigenvalue weighted by molar-refractivity contribution is -0.00294. The second-order valence-corrected chi connectivity index (χ2v) is 8.26. The number of aromatic hydroxyl groups is 1. The lowest BCUT2D eigenvalue weighted by atomic mass is 9.78. The van der Waals surface area contributed by atoms with Crippen LogP contribution in [0.1, 0.15) is 37.2 Å². The van der Waals surface area contributed by atoms with Gasteiger partial charge in [-0.2, -0.15) is 0 Å². The van der Waals surface area contributed by atoms with Crippen LogP contribution >= 0.6 is 0 Å². The molecule has 9 heteroatoms. The number of ether oxygens (including phenoxy) is 1. The Morgan fingerprint density at radius 3 is 2.78 bits per heavy atom. The van der Waals surface area contributed by atoms with Gasteiger partial charge in [0.25, 0.3) is 0 Å². The minimum absolute atomic E-state index is 0.0470. The number of carbonyl (C=O) groups excluding carboxylic acids is 1. The molecule has 2 saturated heterocycles.